The van der Waals surface area contributed by atoms with Gasteiger partial charge in [-0.1, -0.05) is 60.1 Å². The average Bonchev–Trinajstić information content (AvgIpc) is 2.57. The fraction of sp³-hybridized carbons (Fsp3) is 0.350. The fourth-order valence-electron chi connectivity index (χ4n) is 3.15. The van der Waals surface area contributed by atoms with Gasteiger partial charge in [-0.25, -0.2) is 0 Å². The number of halogens is 1. The van der Waals surface area contributed by atoms with Crippen LogP contribution in [0.5, 0.6) is 0 Å². The molecule has 1 amide bonds. The molecule has 1 heterocycles. The standard InChI is InChI=1S/C20H23ClN2O/c21-18-11-5-4-9-17(18)10-6-12-23-19(24)20(14-22-15-20)13-16-7-2-1-3-8-16/h1-5,7-9,11,22H,6,10,12-15H2,(H,23,24). The van der Waals surface area contributed by atoms with E-state index in [0.29, 0.717) is 6.54 Å². The quantitative estimate of drug-likeness (QED) is 0.758. The summed E-state index contributed by atoms with van der Waals surface area (Å²) in [5, 5.41) is 7.16. The Morgan fingerprint density at radius 2 is 1.79 bits per heavy atom. The molecule has 126 valence electrons. The summed E-state index contributed by atoms with van der Waals surface area (Å²) in [7, 11) is 0. The average molecular weight is 343 g/mol. The normalized spacial score (nSPS) is 15.5. The lowest BCUT2D eigenvalue weighted by molar-refractivity contribution is -0.133. The maximum absolute atomic E-state index is 12.7. The van der Waals surface area contributed by atoms with Gasteiger partial charge in [0.05, 0.1) is 5.41 Å². The molecule has 1 fully saturated rings. The Labute approximate surface area is 148 Å². The van der Waals surface area contributed by atoms with Crippen LogP contribution in [0.25, 0.3) is 0 Å². The summed E-state index contributed by atoms with van der Waals surface area (Å²) in [5.74, 6) is 0.157. The van der Waals surface area contributed by atoms with Crippen molar-refractivity contribution in [2.45, 2.75) is 19.3 Å². The molecule has 1 aliphatic heterocycles. The highest BCUT2D eigenvalue weighted by Crippen LogP contribution is 2.28. The summed E-state index contributed by atoms with van der Waals surface area (Å²) >= 11 is 6.16. The minimum absolute atomic E-state index is 0.157. The summed E-state index contributed by atoms with van der Waals surface area (Å²) in [5.41, 5.74) is 2.05. The van der Waals surface area contributed by atoms with Crippen molar-refractivity contribution in [2.75, 3.05) is 19.6 Å². The van der Waals surface area contributed by atoms with Crippen LogP contribution in [0.1, 0.15) is 17.5 Å². The molecular weight excluding hydrogens is 320 g/mol. The molecule has 0 spiro atoms. The molecule has 3 nitrogen and oxygen atoms in total. The zero-order valence-electron chi connectivity index (χ0n) is 13.7. The van der Waals surface area contributed by atoms with E-state index in [9.17, 15) is 4.79 Å². The van der Waals surface area contributed by atoms with Gasteiger partial charge in [-0.2, -0.15) is 0 Å². The molecule has 2 aromatic rings. The molecule has 1 aliphatic rings. The molecule has 0 bridgehead atoms. The van der Waals surface area contributed by atoms with E-state index in [4.69, 9.17) is 11.6 Å². The number of amides is 1. The van der Waals surface area contributed by atoms with Gasteiger partial charge in [0.15, 0.2) is 0 Å². The third-order valence-electron chi connectivity index (χ3n) is 4.66. The number of benzene rings is 2. The van der Waals surface area contributed by atoms with Crippen molar-refractivity contribution < 1.29 is 4.79 Å². The molecule has 0 aliphatic carbocycles. The molecule has 24 heavy (non-hydrogen) atoms. The van der Waals surface area contributed by atoms with Gasteiger partial charge in [0.2, 0.25) is 5.91 Å². The van der Waals surface area contributed by atoms with Crippen molar-refractivity contribution in [1.29, 1.82) is 0 Å². The van der Waals surface area contributed by atoms with Gasteiger partial charge in [0, 0.05) is 24.7 Å². The third-order valence-corrected chi connectivity index (χ3v) is 5.03. The SMILES string of the molecule is O=C(NCCCc1ccccc1Cl)C1(Cc2ccccc2)CNC1. The van der Waals surface area contributed by atoms with Crippen LogP contribution >= 0.6 is 11.6 Å². The molecule has 0 saturated carbocycles. The summed E-state index contributed by atoms with van der Waals surface area (Å²) < 4.78 is 0. The van der Waals surface area contributed by atoms with E-state index in [1.54, 1.807) is 0 Å². The first-order valence-corrected chi connectivity index (χ1v) is 8.84. The number of carbonyl (C=O) groups excluding carboxylic acids is 1. The zero-order valence-corrected chi connectivity index (χ0v) is 14.5. The van der Waals surface area contributed by atoms with Gasteiger partial charge in [-0.05, 0) is 36.5 Å². The Balaban J connectivity index is 1.49. The van der Waals surface area contributed by atoms with E-state index in [1.165, 1.54) is 5.56 Å². The molecule has 2 N–H and O–H groups in total. The van der Waals surface area contributed by atoms with E-state index < -0.39 is 0 Å². The van der Waals surface area contributed by atoms with Gasteiger partial charge < -0.3 is 10.6 Å². The van der Waals surface area contributed by atoms with E-state index in [2.05, 4.69) is 22.8 Å². The minimum atomic E-state index is -0.300. The first kappa shape index (κ1) is 17.0. The second-order valence-electron chi connectivity index (χ2n) is 6.50. The van der Waals surface area contributed by atoms with Crippen LogP contribution in [0.4, 0.5) is 0 Å². The van der Waals surface area contributed by atoms with Crippen molar-refractivity contribution >= 4 is 17.5 Å². The number of aryl methyl sites for hydroxylation is 1. The maximum atomic E-state index is 12.7. The van der Waals surface area contributed by atoms with Crippen molar-refractivity contribution in [3.05, 3.63) is 70.7 Å². The smallest absolute Gasteiger partial charge is 0.229 e. The van der Waals surface area contributed by atoms with E-state index in [-0.39, 0.29) is 11.3 Å². The van der Waals surface area contributed by atoms with Gasteiger partial charge in [-0.3, -0.25) is 4.79 Å². The number of rotatable bonds is 7. The molecule has 0 unspecified atom stereocenters. The Morgan fingerprint density at radius 1 is 1.08 bits per heavy atom. The Hall–Kier alpha value is -1.84. The topological polar surface area (TPSA) is 41.1 Å². The van der Waals surface area contributed by atoms with Crippen LogP contribution in [0.15, 0.2) is 54.6 Å². The van der Waals surface area contributed by atoms with Gasteiger partial charge in [0.25, 0.3) is 0 Å². The Kier molecular flexibility index (Phi) is 5.54. The summed E-state index contributed by atoms with van der Waals surface area (Å²) in [6.07, 6.45) is 2.56. The monoisotopic (exact) mass is 342 g/mol. The van der Waals surface area contributed by atoms with Gasteiger partial charge in [-0.15, -0.1) is 0 Å². The first-order valence-electron chi connectivity index (χ1n) is 8.46. The molecule has 4 heteroatoms. The predicted molar refractivity (Wildman–Crippen MR) is 98.2 cm³/mol. The number of nitrogens with one attached hydrogen (secondary N) is 2. The molecule has 3 rings (SSSR count). The highest BCUT2D eigenvalue weighted by atomic mass is 35.5. The highest BCUT2D eigenvalue weighted by molar-refractivity contribution is 6.31. The Morgan fingerprint density at radius 3 is 2.46 bits per heavy atom. The van der Waals surface area contributed by atoms with E-state index in [1.807, 2.05) is 42.5 Å². The number of carbonyl (C=O) groups is 1. The lowest BCUT2D eigenvalue weighted by Gasteiger charge is -2.41. The minimum Gasteiger partial charge on any atom is -0.356 e. The molecule has 1 saturated heterocycles. The number of hydrogen-bond acceptors (Lipinski definition) is 2. The zero-order chi connectivity index (χ0) is 16.8. The van der Waals surface area contributed by atoms with Crippen LogP contribution in [0.3, 0.4) is 0 Å². The fourth-order valence-corrected chi connectivity index (χ4v) is 3.38. The molecule has 0 atom stereocenters. The van der Waals surface area contributed by atoms with E-state index >= 15 is 0 Å². The summed E-state index contributed by atoms with van der Waals surface area (Å²) in [6.45, 7) is 2.18. The van der Waals surface area contributed by atoms with Crippen molar-refractivity contribution in [3.63, 3.8) is 0 Å². The summed E-state index contributed by atoms with van der Waals surface area (Å²) in [6, 6.07) is 18.1. The lowest BCUT2D eigenvalue weighted by Crippen LogP contribution is -2.62. The second kappa shape index (κ2) is 7.82. The van der Waals surface area contributed by atoms with Crippen molar-refractivity contribution in [2.24, 2.45) is 5.41 Å². The van der Waals surface area contributed by atoms with Crippen LogP contribution in [-0.4, -0.2) is 25.5 Å². The van der Waals surface area contributed by atoms with Crippen LogP contribution in [0.2, 0.25) is 5.02 Å². The lowest BCUT2D eigenvalue weighted by atomic mass is 9.75. The van der Waals surface area contributed by atoms with Crippen LogP contribution < -0.4 is 10.6 Å². The first-order chi connectivity index (χ1) is 11.7. The van der Waals surface area contributed by atoms with Crippen LogP contribution in [-0.2, 0) is 17.6 Å². The second-order valence-corrected chi connectivity index (χ2v) is 6.90. The largest absolute Gasteiger partial charge is 0.356 e. The van der Waals surface area contributed by atoms with Crippen molar-refractivity contribution in [1.82, 2.24) is 10.6 Å². The van der Waals surface area contributed by atoms with Crippen molar-refractivity contribution in [3.8, 4) is 0 Å². The maximum Gasteiger partial charge on any atom is 0.229 e. The highest BCUT2D eigenvalue weighted by Gasteiger charge is 2.43. The number of hydrogen-bond donors (Lipinski definition) is 2. The molecular formula is C20H23ClN2O. The predicted octanol–water partition coefficient (Wildman–Crippen LogP) is 3.22. The van der Waals surface area contributed by atoms with Crippen LogP contribution in [0, 0.1) is 5.41 Å². The molecule has 0 radical (unpaired) electrons. The van der Waals surface area contributed by atoms with E-state index in [0.717, 1.165) is 42.9 Å². The molecule has 2 aromatic carbocycles. The van der Waals surface area contributed by atoms with Gasteiger partial charge in [0.1, 0.15) is 0 Å². The summed E-state index contributed by atoms with van der Waals surface area (Å²) in [4.78, 5) is 12.7. The third kappa shape index (κ3) is 3.97. The molecule has 0 aromatic heterocycles. The van der Waals surface area contributed by atoms with Gasteiger partial charge >= 0.3 is 0 Å². The Bertz CT molecular complexity index is 683.